The SMILES string of the molecule is O=C(Cn1cc(-c2ccccc2)ncc1=O)NC(C(=O)O)c1ccccc1. The van der Waals surface area contributed by atoms with E-state index in [0.29, 0.717) is 11.3 Å². The fraction of sp³-hybridized carbons (Fsp3) is 0.100. The maximum absolute atomic E-state index is 12.3. The molecule has 1 atom stereocenters. The Morgan fingerprint density at radius 1 is 1.04 bits per heavy atom. The Bertz CT molecular complexity index is 1000. The minimum absolute atomic E-state index is 0.308. The summed E-state index contributed by atoms with van der Waals surface area (Å²) < 4.78 is 1.20. The number of carboxylic acid groups (broad SMARTS) is 1. The Labute approximate surface area is 154 Å². The van der Waals surface area contributed by atoms with Crippen molar-refractivity contribution in [1.29, 1.82) is 0 Å². The van der Waals surface area contributed by atoms with E-state index in [2.05, 4.69) is 10.3 Å². The lowest BCUT2D eigenvalue weighted by atomic mass is 10.1. The van der Waals surface area contributed by atoms with Gasteiger partial charge in [-0.25, -0.2) is 9.78 Å². The molecule has 136 valence electrons. The molecule has 1 heterocycles. The monoisotopic (exact) mass is 363 g/mol. The molecular weight excluding hydrogens is 346 g/mol. The van der Waals surface area contributed by atoms with E-state index < -0.39 is 23.5 Å². The van der Waals surface area contributed by atoms with Gasteiger partial charge in [-0.2, -0.15) is 0 Å². The number of hydrogen-bond donors (Lipinski definition) is 2. The molecule has 2 aromatic carbocycles. The highest BCUT2D eigenvalue weighted by atomic mass is 16.4. The van der Waals surface area contributed by atoms with Crippen molar-refractivity contribution in [3.05, 3.63) is 89.0 Å². The van der Waals surface area contributed by atoms with Crippen LogP contribution in [0.2, 0.25) is 0 Å². The van der Waals surface area contributed by atoms with Crippen LogP contribution in [0, 0.1) is 0 Å². The Kier molecular flexibility index (Phi) is 5.41. The summed E-state index contributed by atoms with van der Waals surface area (Å²) in [5.41, 5.74) is 1.35. The van der Waals surface area contributed by atoms with E-state index in [1.165, 1.54) is 10.8 Å². The molecule has 2 N–H and O–H groups in total. The lowest BCUT2D eigenvalue weighted by Crippen LogP contribution is -2.37. The third-order valence-electron chi connectivity index (χ3n) is 3.94. The van der Waals surface area contributed by atoms with Gasteiger partial charge in [-0.3, -0.25) is 9.59 Å². The lowest BCUT2D eigenvalue weighted by Gasteiger charge is -2.15. The van der Waals surface area contributed by atoms with Gasteiger partial charge in [-0.05, 0) is 5.56 Å². The molecule has 0 aliphatic rings. The first-order valence-corrected chi connectivity index (χ1v) is 8.23. The highest BCUT2D eigenvalue weighted by Crippen LogP contribution is 2.15. The van der Waals surface area contributed by atoms with Crippen molar-refractivity contribution in [3.63, 3.8) is 0 Å². The smallest absolute Gasteiger partial charge is 0.330 e. The quantitative estimate of drug-likeness (QED) is 0.696. The second-order valence-electron chi connectivity index (χ2n) is 5.85. The Morgan fingerprint density at radius 2 is 1.67 bits per heavy atom. The van der Waals surface area contributed by atoms with Crippen molar-refractivity contribution in [2.75, 3.05) is 0 Å². The van der Waals surface area contributed by atoms with E-state index in [0.717, 1.165) is 11.8 Å². The third-order valence-corrected chi connectivity index (χ3v) is 3.94. The maximum atomic E-state index is 12.3. The zero-order valence-electron chi connectivity index (χ0n) is 14.3. The molecule has 1 amide bonds. The van der Waals surface area contributed by atoms with Gasteiger partial charge in [0.1, 0.15) is 6.54 Å². The first-order chi connectivity index (χ1) is 13.0. The van der Waals surface area contributed by atoms with Crippen LogP contribution in [0.1, 0.15) is 11.6 Å². The summed E-state index contributed by atoms with van der Waals surface area (Å²) >= 11 is 0. The summed E-state index contributed by atoms with van der Waals surface area (Å²) in [6.07, 6.45) is 2.62. The van der Waals surface area contributed by atoms with Crippen LogP contribution in [0.4, 0.5) is 0 Å². The van der Waals surface area contributed by atoms with Gasteiger partial charge in [0, 0.05) is 11.8 Å². The summed E-state index contributed by atoms with van der Waals surface area (Å²) in [6, 6.07) is 16.4. The molecule has 1 unspecified atom stereocenters. The van der Waals surface area contributed by atoms with Gasteiger partial charge in [-0.1, -0.05) is 60.7 Å². The highest BCUT2D eigenvalue weighted by Gasteiger charge is 2.22. The summed E-state index contributed by atoms with van der Waals surface area (Å²) in [5, 5.41) is 11.8. The van der Waals surface area contributed by atoms with Crippen LogP contribution < -0.4 is 10.9 Å². The van der Waals surface area contributed by atoms with Crippen LogP contribution in [0.3, 0.4) is 0 Å². The molecule has 3 rings (SSSR count). The van der Waals surface area contributed by atoms with Crippen molar-refractivity contribution >= 4 is 11.9 Å². The fourth-order valence-corrected chi connectivity index (χ4v) is 2.62. The number of rotatable bonds is 6. The number of hydrogen-bond acceptors (Lipinski definition) is 4. The molecule has 0 saturated carbocycles. The van der Waals surface area contributed by atoms with Crippen molar-refractivity contribution < 1.29 is 14.7 Å². The van der Waals surface area contributed by atoms with Crippen molar-refractivity contribution in [3.8, 4) is 11.3 Å². The lowest BCUT2D eigenvalue weighted by molar-refractivity contribution is -0.142. The van der Waals surface area contributed by atoms with Gasteiger partial charge in [0.15, 0.2) is 6.04 Å². The van der Waals surface area contributed by atoms with Gasteiger partial charge in [-0.15, -0.1) is 0 Å². The Balaban J connectivity index is 1.79. The van der Waals surface area contributed by atoms with Crippen LogP contribution >= 0.6 is 0 Å². The van der Waals surface area contributed by atoms with E-state index in [1.54, 1.807) is 30.3 Å². The van der Waals surface area contributed by atoms with Crippen molar-refractivity contribution in [1.82, 2.24) is 14.9 Å². The molecule has 0 spiro atoms. The van der Waals surface area contributed by atoms with Gasteiger partial charge < -0.3 is 15.0 Å². The zero-order valence-corrected chi connectivity index (χ0v) is 14.3. The number of carboxylic acids is 1. The molecule has 0 fully saturated rings. The van der Waals surface area contributed by atoms with Gasteiger partial charge >= 0.3 is 5.97 Å². The third kappa shape index (κ3) is 4.46. The predicted molar refractivity (Wildman–Crippen MR) is 98.9 cm³/mol. The topological polar surface area (TPSA) is 101 Å². The van der Waals surface area contributed by atoms with Crippen molar-refractivity contribution in [2.45, 2.75) is 12.6 Å². The largest absolute Gasteiger partial charge is 0.479 e. The summed E-state index contributed by atoms with van der Waals surface area (Å²) in [6.45, 7) is -0.308. The fourth-order valence-electron chi connectivity index (χ4n) is 2.62. The maximum Gasteiger partial charge on any atom is 0.330 e. The van der Waals surface area contributed by atoms with E-state index >= 15 is 0 Å². The number of carbonyl (C=O) groups excluding carboxylic acids is 1. The van der Waals surface area contributed by atoms with E-state index in [4.69, 9.17) is 0 Å². The Morgan fingerprint density at radius 3 is 2.30 bits per heavy atom. The molecule has 0 bridgehead atoms. The van der Waals surface area contributed by atoms with Gasteiger partial charge in [0.25, 0.3) is 5.56 Å². The number of carbonyl (C=O) groups is 2. The van der Waals surface area contributed by atoms with E-state index in [-0.39, 0.29) is 6.54 Å². The minimum Gasteiger partial charge on any atom is -0.479 e. The number of aliphatic carboxylic acids is 1. The van der Waals surface area contributed by atoms with Crippen LogP contribution in [0.5, 0.6) is 0 Å². The minimum atomic E-state index is -1.19. The summed E-state index contributed by atoms with van der Waals surface area (Å²) in [4.78, 5) is 40.0. The van der Waals surface area contributed by atoms with E-state index in [1.807, 2.05) is 30.3 Å². The normalized spacial score (nSPS) is 11.6. The number of aromatic nitrogens is 2. The first kappa shape index (κ1) is 18.1. The average molecular weight is 363 g/mol. The summed E-state index contributed by atoms with van der Waals surface area (Å²) in [5.74, 6) is -1.76. The number of nitrogens with one attached hydrogen (secondary N) is 1. The molecule has 0 aliphatic carbocycles. The van der Waals surface area contributed by atoms with Gasteiger partial charge in [0.2, 0.25) is 5.91 Å². The van der Waals surface area contributed by atoms with Crippen LogP contribution in [-0.4, -0.2) is 26.5 Å². The van der Waals surface area contributed by atoms with Crippen molar-refractivity contribution in [2.24, 2.45) is 0 Å². The number of benzene rings is 2. The molecule has 7 heteroatoms. The second-order valence-corrected chi connectivity index (χ2v) is 5.85. The van der Waals surface area contributed by atoms with E-state index in [9.17, 15) is 19.5 Å². The Hall–Kier alpha value is -3.74. The average Bonchev–Trinajstić information content (AvgIpc) is 2.69. The van der Waals surface area contributed by atoms with Crippen LogP contribution in [0.15, 0.2) is 77.9 Å². The molecule has 0 saturated heterocycles. The number of amides is 1. The standard InChI is InChI=1S/C20H17N3O4/c24-17(22-19(20(26)27)15-9-5-2-6-10-15)13-23-12-16(21-11-18(23)25)14-7-3-1-4-8-14/h1-12,19H,13H2,(H,22,24)(H,26,27). The number of nitrogens with zero attached hydrogens (tertiary/aromatic N) is 2. The van der Waals surface area contributed by atoms with Crippen LogP contribution in [0.25, 0.3) is 11.3 Å². The molecular formula is C20H17N3O4. The molecule has 0 aliphatic heterocycles. The molecule has 27 heavy (non-hydrogen) atoms. The summed E-state index contributed by atoms with van der Waals surface area (Å²) in [7, 11) is 0. The molecule has 7 nitrogen and oxygen atoms in total. The molecule has 3 aromatic rings. The van der Waals surface area contributed by atoms with Crippen LogP contribution in [-0.2, 0) is 16.1 Å². The highest BCUT2D eigenvalue weighted by molar-refractivity contribution is 5.84. The predicted octanol–water partition coefficient (Wildman–Crippen LogP) is 1.85. The second kappa shape index (κ2) is 8.09. The molecule has 1 aromatic heterocycles. The first-order valence-electron chi connectivity index (χ1n) is 8.23. The molecule has 0 radical (unpaired) electrons. The van der Waals surface area contributed by atoms with Gasteiger partial charge in [0.05, 0.1) is 11.9 Å². The zero-order chi connectivity index (χ0) is 19.2.